The molecule has 1 aromatic rings. The number of hydrogen-bond acceptors (Lipinski definition) is 6. The fourth-order valence-electron chi connectivity index (χ4n) is 4.81. The first-order chi connectivity index (χ1) is 18.7. The molecule has 4 rings (SSSR count). The van der Waals surface area contributed by atoms with E-state index in [9.17, 15) is 26.6 Å². The van der Waals surface area contributed by atoms with E-state index in [1.165, 1.54) is 12.1 Å². The molecule has 3 fully saturated rings. The molecule has 0 spiro atoms. The number of benzene rings is 1. The Kier molecular flexibility index (Phi) is 12.0. The summed E-state index contributed by atoms with van der Waals surface area (Å²) in [7, 11) is -1.63. The van der Waals surface area contributed by atoms with Crippen LogP contribution in [0.1, 0.15) is 70.3 Å². The van der Waals surface area contributed by atoms with Crippen molar-refractivity contribution in [1.29, 1.82) is 0 Å². The first-order valence-corrected chi connectivity index (χ1v) is 14.6. The van der Waals surface area contributed by atoms with Gasteiger partial charge in [-0.15, -0.1) is 0 Å². The molecule has 0 saturated carbocycles. The van der Waals surface area contributed by atoms with Gasteiger partial charge in [0.2, 0.25) is 0 Å². The van der Waals surface area contributed by atoms with Crippen LogP contribution in [0, 0.1) is 0 Å². The van der Waals surface area contributed by atoms with Crippen molar-refractivity contribution < 1.29 is 45.6 Å². The van der Waals surface area contributed by atoms with E-state index < -0.39 is 40.5 Å². The van der Waals surface area contributed by atoms with Crippen LogP contribution >= 0.6 is 0 Å². The van der Waals surface area contributed by atoms with Gasteiger partial charge in [-0.25, -0.2) is 18.8 Å². The van der Waals surface area contributed by atoms with E-state index in [2.05, 4.69) is 10.2 Å². The van der Waals surface area contributed by atoms with Gasteiger partial charge in [0.15, 0.2) is 6.29 Å². The lowest BCUT2D eigenvalue weighted by Gasteiger charge is -2.40. The van der Waals surface area contributed by atoms with Crippen LogP contribution in [0.25, 0.3) is 0 Å². The zero-order chi connectivity index (χ0) is 28.5. The number of rotatable bonds is 9. The third-order valence-corrected chi connectivity index (χ3v) is 9.11. The monoisotopic (exact) mass is 582 g/mol. The van der Waals surface area contributed by atoms with Crippen molar-refractivity contribution in [2.45, 2.75) is 88.3 Å². The van der Waals surface area contributed by atoms with Crippen molar-refractivity contribution in [2.75, 3.05) is 32.9 Å². The van der Waals surface area contributed by atoms with Crippen molar-refractivity contribution in [3.63, 3.8) is 0 Å². The number of hydrogen-bond donors (Lipinski definition) is 1. The van der Waals surface area contributed by atoms with Gasteiger partial charge in [0.1, 0.15) is 21.5 Å². The third-order valence-electron chi connectivity index (χ3n) is 7.02. The Morgan fingerprint density at radius 1 is 1.08 bits per heavy atom. The van der Waals surface area contributed by atoms with Gasteiger partial charge in [0, 0.05) is 39.3 Å². The topological polar surface area (TPSA) is 86.3 Å². The minimum absolute atomic E-state index is 0.0594. The number of alkyl halides is 4. The second-order valence-electron chi connectivity index (χ2n) is 9.44. The molecule has 2 unspecified atom stereocenters. The van der Waals surface area contributed by atoms with E-state index in [0.717, 1.165) is 18.4 Å². The summed E-state index contributed by atoms with van der Waals surface area (Å²) in [5, 5.41) is 0. The van der Waals surface area contributed by atoms with Gasteiger partial charge in [0.05, 0.1) is 0 Å². The lowest BCUT2D eigenvalue weighted by Crippen LogP contribution is -2.58. The maximum atomic E-state index is 13.7. The summed E-state index contributed by atoms with van der Waals surface area (Å²) in [6.45, 7) is 6.12. The molecule has 2 atom stereocenters. The summed E-state index contributed by atoms with van der Waals surface area (Å²) in [5.74, 6) is -0.730. The number of nitrogens with one attached hydrogen (secondary N) is 1. The highest BCUT2D eigenvalue weighted by Crippen LogP contribution is 2.36. The number of carbonyl (C=O) groups excluding carboxylic acids is 1. The third kappa shape index (κ3) is 8.12. The van der Waals surface area contributed by atoms with Crippen LogP contribution in [-0.2, 0) is 30.1 Å². The number of ether oxygens (including phenoxy) is 3. The van der Waals surface area contributed by atoms with E-state index in [1.54, 1.807) is 16.4 Å². The molecule has 13 heteroatoms. The second kappa shape index (κ2) is 14.7. The summed E-state index contributed by atoms with van der Waals surface area (Å²) >= 11 is 0. The molecule has 0 radical (unpaired) electrons. The minimum atomic E-state index is -4.56. The smallest absolute Gasteiger partial charge is 0.428 e. The van der Waals surface area contributed by atoms with Crippen LogP contribution in [0.3, 0.4) is 0 Å². The molecular weight excluding hydrogens is 544 g/mol. The summed E-state index contributed by atoms with van der Waals surface area (Å²) in [6, 6.07) is 5.64. The number of nitrogens with zero attached hydrogens (tertiary/aromatic N) is 1. The summed E-state index contributed by atoms with van der Waals surface area (Å²) < 4.78 is 80.4. The van der Waals surface area contributed by atoms with Gasteiger partial charge in [0.25, 0.3) is 5.91 Å². The number of halogens is 4. The molecular formula is C26H38F4N2O6S. The number of hydroxylamine groups is 1. The van der Waals surface area contributed by atoms with E-state index >= 15 is 0 Å². The van der Waals surface area contributed by atoms with Crippen LogP contribution in [0.2, 0.25) is 0 Å². The Balaban J connectivity index is 0.00000205. The Labute approximate surface area is 229 Å². The normalized spacial score (nSPS) is 23.4. The summed E-state index contributed by atoms with van der Waals surface area (Å²) in [4.78, 5) is 18.7. The first kappa shape index (κ1) is 31.7. The Bertz CT molecular complexity index is 920. The Hall–Kier alpha value is -1.80. The fraction of sp³-hybridized carbons (Fsp3) is 0.731. The van der Waals surface area contributed by atoms with Gasteiger partial charge in [-0.1, -0.05) is 26.0 Å². The van der Waals surface area contributed by atoms with E-state index in [4.69, 9.17) is 14.3 Å². The zero-order valence-electron chi connectivity index (χ0n) is 22.3. The average Bonchev–Trinajstić information content (AvgIpc) is 2.97. The maximum absolute atomic E-state index is 13.7. The minimum Gasteiger partial charge on any atom is -0.428 e. The lowest BCUT2D eigenvalue weighted by molar-refractivity contribution is -0.253. The number of amides is 1. The maximum Gasteiger partial charge on any atom is 0.461 e. The van der Waals surface area contributed by atoms with Crippen LogP contribution in [-0.4, -0.2) is 70.9 Å². The summed E-state index contributed by atoms with van der Waals surface area (Å²) in [5.41, 5.74) is 3.34. The largest absolute Gasteiger partial charge is 0.461 e. The molecule has 1 aromatic carbocycles. The van der Waals surface area contributed by atoms with Crippen molar-refractivity contribution in [3.05, 3.63) is 29.8 Å². The van der Waals surface area contributed by atoms with Crippen LogP contribution in [0.4, 0.5) is 17.6 Å². The quantitative estimate of drug-likeness (QED) is 0.329. The van der Waals surface area contributed by atoms with Crippen molar-refractivity contribution >= 4 is 16.9 Å². The molecule has 39 heavy (non-hydrogen) atoms. The van der Waals surface area contributed by atoms with Crippen LogP contribution in [0.15, 0.2) is 24.3 Å². The van der Waals surface area contributed by atoms with Crippen molar-refractivity contribution in [2.24, 2.45) is 0 Å². The Morgan fingerprint density at radius 3 is 2.28 bits per heavy atom. The fourth-order valence-corrected chi connectivity index (χ4v) is 6.56. The lowest BCUT2D eigenvalue weighted by atomic mass is 9.90. The highest BCUT2D eigenvalue weighted by molar-refractivity contribution is 7.85. The predicted octanol–water partition coefficient (Wildman–Crippen LogP) is 4.92. The van der Waals surface area contributed by atoms with E-state index in [-0.39, 0.29) is 11.7 Å². The standard InChI is InChI=1S/C24H32F4N2O6S.C2H6/c25-21(26)24(27,28)35-19-6-4-17(5-7-19)18-8-12-30(13-9-18)37(32)23(10-15-33-16-11-23)22(31)29-36-20-3-1-2-14-34-20;1-2/h4-7,18,20-21H,1-3,8-16H2,(H,29,31);1-2H3. The SMILES string of the molecule is CC.O=C(NOC1CCCCO1)C1(S(=O)N2CCC(c3ccc(OC(F)(F)C(F)F)cc3)CC2)CCOCC1. The van der Waals surface area contributed by atoms with Crippen molar-refractivity contribution in [3.8, 4) is 5.75 Å². The number of piperidine rings is 1. The zero-order valence-corrected chi connectivity index (χ0v) is 23.2. The highest BCUT2D eigenvalue weighted by atomic mass is 32.2. The summed E-state index contributed by atoms with van der Waals surface area (Å²) in [6.07, 6.45) is -4.59. The van der Waals surface area contributed by atoms with Crippen LogP contribution < -0.4 is 10.2 Å². The van der Waals surface area contributed by atoms with Gasteiger partial charge in [-0.05, 0) is 62.1 Å². The predicted molar refractivity (Wildman–Crippen MR) is 137 cm³/mol. The molecule has 3 aliphatic heterocycles. The molecule has 1 amide bonds. The van der Waals surface area contributed by atoms with Crippen molar-refractivity contribution in [1.82, 2.24) is 9.79 Å². The molecule has 0 aromatic heterocycles. The molecule has 3 saturated heterocycles. The van der Waals surface area contributed by atoms with Gasteiger partial charge in [-0.3, -0.25) is 4.79 Å². The highest BCUT2D eigenvalue weighted by Gasteiger charge is 2.49. The molecule has 222 valence electrons. The van der Waals surface area contributed by atoms with Gasteiger partial charge >= 0.3 is 12.5 Å². The number of carbonyl (C=O) groups is 1. The molecule has 8 nitrogen and oxygen atoms in total. The Morgan fingerprint density at radius 2 is 1.72 bits per heavy atom. The molecule has 3 aliphatic rings. The second-order valence-corrected chi connectivity index (χ2v) is 11.2. The van der Waals surface area contributed by atoms with Gasteiger partial charge in [-0.2, -0.15) is 17.6 Å². The first-order valence-electron chi connectivity index (χ1n) is 13.5. The molecule has 0 bridgehead atoms. The van der Waals surface area contributed by atoms with E-state index in [0.29, 0.717) is 65.0 Å². The van der Waals surface area contributed by atoms with Crippen LogP contribution in [0.5, 0.6) is 5.75 Å². The average molecular weight is 583 g/mol. The molecule has 0 aliphatic carbocycles. The molecule has 1 N–H and O–H groups in total. The van der Waals surface area contributed by atoms with Gasteiger partial charge < -0.3 is 14.2 Å². The van der Waals surface area contributed by atoms with E-state index in [1.807, 2.05) is 13.8 Å². The molecule has 3 heterocycles.